The number of amides is 1. The third-order valence-corrected chi connectivity index (χ3v) is 3.87. The summed E-state index contributed by atoms with van der Waals surface area (Å²) in [6.07, 6.45) is 3.31. The molecule has 1 aliphatic carbocycles. The van der Waals surface area contributed by atoms with Crippen LogP contribution in [0, 0.1) is 5.92 Å². The number of anilines is 1. The predicted octanol–water partition coefficient (Wildman–Crippen LogP) is 1.98. The fourth-order valence-corrected chi connectivity index (χ4v) is 2.99. The van der Waals surface area contributed by atoms with Crippen LogP contribution in [0.5, 0.6) is 0 Å². The Morgan fingerprint density at radius 2 is 2.35 bits per heavy atom. The second kappa shape index (κ2) is 5.80. The van der Waals surface area contributed by atoms with Crippen molar-refractivity contribution in [1.82, 2.24) is 4.98 Å². The summed E-state index contributed by atoms with van der Waals surface area (Å²) in [5.41, 5.74) is 6.65. The molecule has 1 amide bonds. The van der Waals surface area contributed by atoms with Crippen LogP contribution in [0.25, 0.3) is 0 Å². The van der Waals surface area contributed by atoms with Crippen molar-refractivity contribution in [3.05, 3.63) is 10.6 Å². The maximum Gasteiger partial charge on any atom is 0.242 e. The molecule has 0 aromatic carbocycles. The number of fused-ring (bicyclic) bond motifs is 1. The van der Waals surface area contributed by atoms with Gasteiger partial charge in [-0.2, -0.15) is 0 Å². The molecule has 1 unspecified atom stereocenters. The molecule has 2 rings (SSSR count). The zero-order valence-corrected chi connectivity index (χ0v) is 11.7. The van der Waals surface area contributed by atoms with Gasteiger partial charge >= 0.3 is 0 Å². The minimum atomic E-state index is -0.486. The zero-order valence-electron chi connectivity index (χ0n) is 10.0. The van der Waals surface area contributed by atoms with Crippen molar-refractivity contribution in [2.24, 2.45) is 11.7 Å². The number of carbonyl (C=O) groups excluding carboxylic acids is 1. The molecule has 1 aromatic rings. The predicted molar refractivity (Wildman–Crippen MR) is 72.8 cm³/mol. The summed E-state index contributed by atoms with van der Waals surface area (Å²) in [5.74, 6) is 0.559. The van der Waals surface area contributed by atoms with Crippen molar-refractivity contribution >= 4 is 34.8 Å². The van der Waals surface area contributed by atoms with Crippen molar-refractivity contribution in [3.8, 4) is 0 Å². The highest BCUT2D eigenvalue weighted by Crippen LogP contribution is 2.31. The largest absolute Gasteiger partial charge is 0.320 e. The number of aromatic nitrogens is 1. The van der Waals surface area contributed by atoms with Crippen molar-refractivity contribution in [1.29, 1.82) is 0 Å². The minimum absolute atomic E-state index is 0. The third kappa shape index (κ3) is 3.40. The number of nitrogens with zero attached hydrogens (tertiary/aromatic N) is 1. The summed E-state index contributed by atoms with van der Waals surface area (Å²) >= 11 is 1.59. The summed E-state index contributed by atoms with van der Waals surface area (Å²) in [4.78, 5) is 17.2. The lowest BCUT2D eigenvalue weighted by Gasteiger charge is -2.15. The van der Waals surface area contributed by atoms with Gasteiger partial charge in [0.2, 0.25) is 5.91 Å². The molecule has 1 aromatic heterocycles. The van der Waals surface area contributed by atoms with Gasteiger partial charge in [0.1, 0.15) is 0 Å². The van der Waals surface area contributed by atoms with Crippen molar-refractivity contribution in [3.63, 3.8) is 0 Å². The quantitative estimate of drug-likeness (QED) is 0.867. The Morgan fingerprint density at radius 3 is 3.00 bits per heavy atom. The van der Waals surface area contributed by atoms with Crippen molar-refractivity contribution in [2.75, 3.05) is 5.32 Å². The normalized spacial score (nSPS) is 20.1. The molecule has 1 heterocycles. The molecule has 17 heavy (non-hydrogen) atoms. The number of rotatable bonds is 2. The second-order valence-electron chi connectivity index (χ2n) is 4.51. The Labute approximate surface area is 111 Å². The number of carbonyl (C=O) groups is 1. The molecule has 0 spiro atoms. The third-order valence-electron chi connectivity index (χ3n) is 2.83. The summed E-state index contributed by atoms with van der Waals surface area (Å²) in [6.45, 7) is 3.92. The number of hydrogen-bond acceptors (Lipinski definition) is 4. The molecule has 0 radical (unpaired) electrons. The number of nitrogens with one attached hydrogen (secondary N) is 1. The maximum atomic E-state index is 11.4. The van der Waals surface area contributed by atoms with E-state index >= 15 is 0 Å². The van der Waals surface area contributed by atoms with Gasteiger partial charge in [0.25, 0.3) is 0 Å². The molecule has 0 saturated heterocycles. The van der Waals surface area contributed by atoms with Crippen LogP contribution in [0.4, 0.5) is 5.13 Å². The fourth-order valence-electron chi connectivity index (χ4n) is 1.81. The highest BCUT2D eigenvalue weighted by atomic mass is 35.5. The van der Waals surface area contributed by atoms with Gasteiger partial charge in [0.05, 0.1) is 11.7 Å². The Kier molecular flexibility index (Phi) is 4.91. The molecule has 3 N–H and O–H groups in total. The summed E-state index contributed by atoms with van der Waals surface area (Å²) in [7, 11) is 0. The second-order valence-corrected chi connectivity index (χ2v) is 5.60. The molecular formula is C11H18ClN3OS. The smallest absolute Gasteiger partial charge is 0.242 e. The Hall–Kier alpha value is -0.650. The summed E-state index contributed by atoms with van der Waals surface area (Å²) < 4.78 is 0. The number of aryl methyl sites for hydroxylation is 1. The van der Waals surface area contributed by atoms with Crippen LogP contribution in [-0.4, -0.2) is 16.9 Å². The monoisotopic (exact) mass is 275 g/mol. The van der Waals surface area contributed by atoms with E-state index in [4.69, 9.17) is 5.73 Å². The van der Waals surface area contributed by atoms with E-state index in [2.05, 4.69) is 17.2 Å². The van der Waals surface area contributed by atoms with E-state index in [0.29, 0.717) is 5.13 Å². The molecule has 6 heteroatoms. The Balaban J connectivity index is 0.00000144. The van der Waals surface area contributed by atoms with Gasteiger partial charge in [-0.05, 0) is 32.1 Å². The Bertz CT molecular complexity index is 405. The molecule has 4 nitrogen and oxygen atoms in total. The van der Waals surface area contributed by atoms with Crippen LogP contribution < -0.4 is 11.1 Å². The van der Waals surface area contributed by atoms with Gasteiger partial charge in [-0.25, -0.2) is 4.98 Å². The van der Waals surface area contributed by atoms with Gasteiger partial charge in [0, 0.05) is 4.88 Å². The van der Waals surface area contributed by atoms with Crippen LogP contribution >= 0.6 is 23.7 Å². The highest BCUT2D eigenvalue weighted by molar-refractivity contribution is 7.15. The van der Waals surface area contributed by atoms with E-state index in [1.165, 1.54) is 11.3 Å². The first kappa shape index (κ1) is 14.4. The first-order valence-corrected chi connectivity index (χ1v) is 6.43. The Morgan fingerprint density at radius 1 is 1.65 bits per heavy atom. The van der Waals surface area contributed by atoms with Crippen LogP contribution in [0.3, 0.4) is 0 Å². The first-order valence-electron chi connectivity index (χ1n) is 5.61. The van der Waals surface area contributed by atoms with Crippen LogP contribution in [0.2, 0.25) is 0 Å². The maximum absolute atomic E-state index is 11.4. The molecule has 1 aliphatic rings. The standard InChI is InChI=1S/C11H17N3OS.ClH/c1-6-3-4-8-9(5-6)16-11(13-8)14-10(15)7(2)12;/h6-7H,3-5,12H2,1-2H3,(H,13,14,15);1H/t6?,7-;/m1./s1. The van der Waals surface area contributed by atoms with Crippen molar-refractivity contribution in [2.45, 2.75) is 39.2 Å². The van der Waals surface area contributed by atoms with E-state index in [-0.39, 0.29) is 18.3 Å². The number of thiazole rings is 1. The van der Waals surface area contributed by atoms with E-state index < -0.39 is 6.04 Å². The molecule has 96 valence electrons. The summed E-state index contributed by atoms with van der Waals surface area (Å²) in [5, 5.41) is 3.45. The highest BCUT2D eigenvalue weighted by Gasteiger charge is 2.20. The van der Waals surface area contributed by atoms with Gasteiger partial charge in [-0.1, -0.05) is 6.92 Å². The minimum Gasteiger partial charge on any atom is -0.320 e. The summed E-state index contributed by atoms with van der Waals surface area (Å²) in [6, 6.07) is -0.486. The SMILES string of the molecule is CC1CCc2nc(NC(=O)[C@@H](C)N)sc2C1.Cl. The molecule has 0 fully saturated rings. The molecule has 0 aliphatic heterocycles. The van der Waals surface area contributed by atoms with Crippen LogP contribution in [0.1, 0.15) is 30.8 Å². The lowest BCUT2D eigenvalue weighted by molar-refractivity contribution is -0.117. The van der Waals surface area contributed by atoms with Crippen LogP contribution in [0.15, 0.2) is 0 Å². The molecular weight excluding hydrogens is 258 g/mol. The van der Waals surface area contributed by atoms with Gasteiger partial charge in [-0.3, -0.25) is 4.79 Å². The van der Waals surface area contributed by atoms with E-state index in [1.807, 2.05) is 0 Å². The molecule has 2 atom stereocenters. The zero-order chi connectivity index (χ0) is 11.7. The molecule has 0 saturated carbocycles. The average Bonchev–Trinajstić information content (AvgIpc) is 2.58. The topological polar surface area (TPSA) is 68.0 Å². The fraction of sp³-hybridized carbons (Fsp3) is 0.636. The number of halogens is 1. The van der Waals surface area contributed by atoms with E-state index in [9.17, 15) is 4.79 Å². The average molecular weight is 276 g/mol. The number of hydrogen-bond donors (Lipinski definition) is 2. The first-order chi connectivity index (χ1) is 7.56. The van der Waals surface area contributed by atoms with Gasteiger partial charge < -0.3 is 11.1 Å². The molecule has 0 bridgehead atoms. The lowest BCUT2D eigenvalue weighted by atomic mass is 9.93. The lowest BCUT2D eigenvalue weighted by Crippen LogP contribution is -2.32. The van der Waals surface area contributed by atoms with Crippen molar-refractivity contribution < 1.29 is 4.79 Å². The number of nitrogens with two attached hydrogens (primary N) is 1. The van der Waals surface area contributed by atoms with Crippen LogP contribution in [-0.2, 0) is 17.6 Å². The van der Waals surface area contributed by atoms with E-state index in [0.717, 1.165) is 24.5 Å². The van der Waals surface area contributed by atoms with E-state index in [1.54, 1.807) is 18.3 Å². The van der Waals surface area contributed by atoms with Gasteiger partial charge in [0.15, 0.2) is 5.13 Å². The van der Waals surface area contributed by atoms with Gasteiger partial charge in [-0.15, -0.1) is 23.7 Å².